The molecule has 9 heteroatoms. The van der Waals surface area contributed by atoms with Crippen LogP contribution in [0, 0.1) is 10.1 Å². The predicted molar refractivity (Wildman–Crippen MR) is 108 cm³/mol. The first kappa shape index (κ1) is 20.9. The number of amides is 1. The minimum Gasteiger partial charge on any atom is -0.352 e. The molecule has 0 aromatic heterocycles. The van der Waals surface area contributed by atoms with Gasteiger partial charge in [0.15, 0.2) is 0 Å². The molecule has 1 heterocycles. The van der Waals surface area contributed by atoms with E-state index in [2.05, 4.69) is 5.32 Å². The Bertz CT molecular complexity index is 1000. The Morgan fingerprint density at radius 2 is 1.79 bits per heavy atom. The minimum absolute atomic E-state index is 0.0997. The Labute approximate surface area is 169 Å². The van der Waals surface area contributed by atoms with Gasteiger partial charge < -0.3 is 5.32 Å². The van der Waals surface area contributed by atoms with Crippen LogP contribution in [0.1, 0.15) is 30.4 Å². The van der Waals surface area contributed by atoms with E-state index in [1.807, 2.05) is 0 Å². The number of hydrogen-bond donors (Lipinski definition) is 1. The van der Waals surface area contributed by atoms with E-state index >= 15 is 0 Å². The normalized spacial score (nSPS) is 15.0. The van der Waals surface area contributed by atoms with Crippen LogP contribution in [0.2, 0.25) is 0 Å². The molecule has 1 saturated heterocycles. The zero-order chi connectivity index (χ0) is 20.9. The molecule has 0 spiro atoms. The van der Waals surface area contributed by atoms with Crippen LogP contribution in [-0.4, -0.2) is 36.6 Å². The number of carbonyl (C=O) groups is 1. The smallest absolute Gasteiger partial charge is 0.273 e. The lowest BCUT2D eigenvalue weighted by atomic mass is 10.1. The maximum Gasteiger partial charge on any atom is 0.273 e. The molecule has 1 aliphatic heterocycles. The summed E-state index contributed by atoms with van der Waals surface area (Å²) >= 11 is 0. The number of hydrogen-bond acceptors (Lipinski definition) is 5. The summed E-state index contributed by atoms with van der Waals surface area (Å²) < 4.78 is 27.1. The summed E-state index contributed by atoms with van der Waals surface area (Å²) in [4.78, 5) is 23.0. The first-order chi connectivity index (χ1) is 13.9. The predicted octanol–water partition coefficient (Wildman–Crippen LogP) is 2.63. The van der Waals surface area contributed by atoms with Gasteiger partial charge in [-0.05, 0) is 30.5 Å². The van der Waals surface area contributed by atoms with Crippen LogP contribution in [0.15, 0.2) is 53.4 Å². The monoisotopic (exact) mass is 417 g/mol. The van der Waals surface area contributed by atoms with Crippen LogP contribution >= 0.6 is 0 Å². The van der Waals surface area contributed by atoms with Crippen molar-refractivity contribution in [3.8, 4) is 0 Å². The van der Waals surface area contributed by atoms with Gasteiger partial charge in [-0.2, -0.15) is 4.31 Å². The van der Waals surface area contributed by atoms with E-state index in [0.29, 0.717) is 24.2 Å². The van der Waals surface area contributed by atoms with E-state index in [-0.39, 0.29) is 29.5 Å². The maximum atomic E-state index is 12.8. The standard InChI is InChI=1S/C20H23N3O5S/c24-20(14-17-8-2-3-10-19(17)23(25)26)21-15-16-7-6-9-18(13-16)29(27,28)22-11-4-1-5-12-22/h2-3,6-10,13H,1,4-5,11-12,14-15H2,(H,21,24). The summed E-state index contributed by atoms with van der Waals surface area (Å²) in [6.07, 6.45) is 2.64. The largest absolute Gasteiger partial charge is 0.352 e. The molecule has 1 amide bonds. The van der Waals surface area contributed by atoms with Crippen LogP contribution in [0.5, 0.6) is 0 Å². The number of benzene rings is 2. The molecule has 154 valence electrons. The third kappa shape index (κ3) is 5.18. The van der Waals surface area contributed by atoms with Crippen LogP contribution in [0.4, 0.5) is 5.69 Å². The highest BCUT2D eigenvalue weighted by Crippen LogP contribution is 2.21. The first-order valence-corrected chi connectivity index (χ1v) is 10.9. The lowest BCUT2D eigenvalue weighted by Gasteiger charge is -2.26. The summed E-state index contributed by atoms with van der Waals surface area (Å²) in [6, 6.07) is 12.6. The zero-order valence-electron chi connectivity index (χ0n) is 15.9. The molecule has 0 bridgehead atoms. The second kappa shape index (κ2) is 9.15. The molecular formula is C20H23N3O5S. The number of nitro benzene ring substituents is 1. The Morgan fingerprint density at radius 3 is 2.52 bits per heavy atom. The lowest BCUT2D eigenvalue weighted by molar-refractivity contribution is -0.385. The van der Waals surface area contributed by atoms with Crippen molar-refractivity contribution in [2.24, 2.45) is 0 Å². The van der Waals surface area contributed by atoms with Crippen molar-refractivity contribution in [1.29, 1.82) is 0 Å². The van der Waals surface area contributed by atoms with E-state index in [9.17, 15) is 23.3 Å². The molecule has 0 saturated carbocycles. The summed E-state index contributed by atoms with van der Waals surface area (Å²) in [5.41, 5.74) is 0.882. The molecule has 29 heavy (non-hydrogen) atoms. The van der Waals surface area contributed by atoms with E-state index in [0.717, 1.165) is 19.3 Å². The minimum atomic E-state index is -3.54. The molecular weight excluding hydrogens is 394 g/mol. The summed E-state index contributed by atoms with van der Waals surface area (Å²) in [6.45, 7) is 1.20. The average molecular weight is 417 g/mol. The van der Waals surface area contributed by atoms with Gasteiger partial charge in [0.1, 0.15) is 0 Å². The maximum absolute atomic E-state index is 12.8. The number of nitrogens with zero attached hydrogens (tertiary/aromatic N) is 2. The van der Waals surface area contributed by atoms with Crippen LogP contribution in [0.3, 0.4) is 0 Å². The van der Waals surface area contributed by atoms with Gasteiger partial charge in [-0.1, -0.05) is 36.8 Å². The molecule has 0 unspecified atom stereocenters. The fraction of sp³-hybridized carbons (Fsp3) is 0.350. The van der Waals surface area contributed by atoms with Gasteiger partial charge in [0.05, 0.1) is 16.2 Å². The highest BCUT2D eigenvalue weighted by Gasteiger charge is 2.26. The van der Waals surface area contributed by atoms with Gasteiger partial charge >= 0.3 is 0 Å². The Kier molecular flexibility index (Phi) is 6.60. The number of piperidine rings is 1. The van der Waals surface area contributed by atoms with Crippen LogP contribution < -0.4 is 5.32 Å². The van der Waals surface area contributed by atoms with Gasteiger partial charge in [0.2, 0.25) is 15.9 Å². The van der Waals surface area contributed by atoms with Crippen LogP contribution in [0.25, 0.3) is 0 Å². The van der Waals surface area contributed by atoms with Gasteiger partial charge in [-0.3, -0.25) is 14.9 Å². The Hall–Kier alpha value is -2.78. The molecule has 1 N–H and O–H groups in total. The van der Waals surface area contributed by atoms with Gasteiger partial charge in [-0.15, -0.1) is 0 Å². The van der Waals surface area contributed by atoms with E-state index in [1.165, 1.54) is 10.4 Å². The highest BCUT2D eigenvalue weighted by molar-refractivity contribution is 7.89. The molecule has 1 fully saturated rings. The van der Waals surface area contributed by atoms with Crippen molar-refractivity contribution in [3.05, 3.63) is 69.8 Å². The lowest BCUT2D eigenvalue weighted by Crippen LogP contribution is -2.35. The second-order valence-electron chi connectivity index (χ2n) is 6.95. The second-order valence-corrected chi connectivity index (χ2v) is 8.89. The summed E-state index contributed by atoms with van der Waals surface area (Å²) in [7, 11) is -3.54. The molecule has 8 nitrogen and oxygen atoms in total. The summed E-state index contributed by atoms with van der Waals surface area (Å²) in [5, 5.41) is 13.8. The number of para-hydroxylation sites is 1. The summed E-state index contributed by atoms with van der Waals surface area (Å²) in [5.74, 6) is -0.372. The number of nitrogens with one attached hydrogen (secondary N) is 1. The molecule has 0 radical (unpaired) electrons. The van der Waals surface area contributed by atoms with Crippen molar-refractivity contribution in [3.63, 3.8) is 0 Å². The number of carbonyl (C=O) groups excluding carboxylic acids is 1. The molecule has 0 aliphatic carbocycles. The number of sulfonamides is 1. The number of nitro groups is 1. The van der Waals surface area contributed by atoms with Gasteiger partial charge in [0.25, 0.3) is 5.69 Å². The van der Waals surface area contributed by atoms with Crippen molar-refractivity contribution >= 4 is 21.6 Å². The zero-order valence-corrected chi connectivity index (χ0v) is 16.7. The van der Waals surface area contributed by atoms with E-state index in [4.69, 9.17) is 0 Å². The quantitative estimate of drug-likeness (QED) is 0.550. The van der Waals surface area contributed by atoms with Crippen molar-refractivity contribution in [1.82, 2.24) is 9.62 Å². The molecule has 1 aliphatic rings. The fourth-order valence-electron chi connectivity index (χ4n) is 3.34. The third-order valence-corrected chi connectivity index (χ3v) is 6.77. The highest BCUT2D eigenvalue weighted by atomic mass is 32.2. The average Bonchev–Trinajstić information content (AvgIpc) is 2.73. The van der Waals surface area contributed by atoms with Crippen molar-refractivity contribution in [2.45, 2.75) is 37.1 Å². The Balaban J connectivity index is 1.65. The number of rotatable bonds is 7. The fourth-order valence-corrected chi connectivity index (χ4v) is 4.93. The molecule has 3 rings (SSSR count). The van der Waals surface area contributed by atoms with Crippen LogP contribution in [-0.2, 0) is 27.8 Å². The Morgan fingerprint density at radius 1 is 1.07 bits per heavy atom. The SMILES string of the molecule is O=C(Cc1ccccc1[N+](=O)[O-])NCc1cccc(S(=O)(=O)N2CCCCC2)c1. The van der Waals surface area contributed by atoms with E-state index in [1.54, 1.807) is 42.5 Å². The van der Waals surface area contributed by atoms with Crippen molar-refractivity contribution < 1.29 is 18.1 Å². The topological polar surface area (TPSA) is 110 Å². The third-order valence-electron chi connectivity index (χ3n) is 4.88. The molecule has 2 aromatic carbocycles. The van der Waals surface area contributed by atoms with Gasteiger partial charge in [-0.25, -0.2) is 8.42 Å². The molecule has 0 atom stereocenters. The van der Waals surface area contributed by atoms with Gasteiger partial charge in [0, 0.05) is 31.3 Å². The van der Waals surface area contributed by atoms with E-state index < -0.39 is 14.9 Å². The first-order valence-electron chi connectivity index (χ1n) is 9.46. The van der Waals surface area contributed by atoms with Crippen molar-refractivity contribution in [2.75, 3.05) is 13.1 Å². The molecule has 2 aromatic rings.